The van der Waals surface area contributed by atoms with Gasteiger partial charge in [0.25, 0.3) is 0 Å². The molecule has 0 unspecified atom stereocenters. The lowest BCUT2D eigenvalue weighted by atomic mass is 10.3. The fourth-order valence-corrected chi connectivity index (χ4v) is 0.936. The van der Waals surface area contributed by atoms with Gasteiger partial charge < -0.3 is 4.74 Å². The topological polar surface area (TPSA) is 9.23 Å². The first-order valence-electron chi connectivity index (χ1n) is 3.20. The van der Waals surface area contributed by atoms with Crippen LogP contribution in [0.3, 0.4) is 0 Å². The summed E-state index contributed by atoms with van der Waals surface area (Å²) in [7, 11) is 0. The molecule has 0 amide bonds. The van der Waals surface area contributed by atoms with Gasteiger partial charge in [0.15, 0.2) is 0 Å². The molecule has 0 aromatic carbocycles. The molecule has 0 spiro atoms. The molecular formula is C7H13BrO. The first-order chi connectivity index (χ1) is 4.41. The number of hydrogen-bond donors (Lipinski definition) is 0. The maximum Gasteiger partial charge on any atom is 0.0873 e. The fourth-order valence-electron chi connectivity index (χ4n) is 0.540. The summed E-state index contributed by atoms with van der Waals surface area (Å²) in [5, 5.41) is 1.10. The number of halogens is 1. The normalized spacial score (nSPS) is 9.00. The van der Waals surface area contributed by atoms with E-state index >= 15 is 0 Å². The number of ether oxygens (including phenoxy) is 1. The summed E-state index contributed by atoms with van der Waals surface area (Å²) in [6.07, 6.45) is 5.10. The zero-order chi connectivity index (χ0) is 6.95. The molecule has 0 N–H and O–H groups in total. The van der Waals surface area contributed by atoms with Crippen molar-refractivity contribution in [1.29, 1.82) is 0 Å². The van der Waals surface area contributed by atoms with Crippen LogP contribution >= 0.6 is 15.9 Å². The van der Waals surface area contributed by atoms with Crippen LogP contribution in [0.4, 0.5) is 0 Å². The van der Waals surface area contributed by atoms with E-state index in [-0.39, 0.29) is 0 Å². The van der Waals surface area contributed by atoms with Crippen LogP contribution in [0, 0.1) is 0 Å². The van der Waals surface area contributed by atoms with Gasteiger partial charge in [-0.05, 0) is 19.3 Å². The first kappa shape index (κ1) is 9.02. The molecule has 0 saturated carbocycles. The van der Waals surface area contributed by atoms with Gasteiger partial charge in [0.1, 0.15) is 0 Å². The average Bonchev–Trinajstić information content (AvgIpc) is 1.89. The van der Waals surface area contributed by atoms with Gasteiger partial charge in [-0.25, -0.2) is 0 Å². The first-order valence-corrected chi connectivity index (χ1v) is 4.32. The third-order valence-electron chi connectivity index (χ3n) is 1.01. The van der Waals surface area contributed by atoms with Crippen LogP contribution in [0.25, 0.3) is 0 Å². The Kier molecular flexibility index (Phi) is 8.04. The molecule has 0 saturated heterocycles. The second-order valence-corrected chi connectivity index (χ2v) is 2.58. The molecule has 9 heavy (non-hydrogen) atoms. The van der Waals surface area contributed by atoms with E-state index < -0.39 is 0 Å². The van der Waals surface area contributed by atoms with Gasteiger partial charge in [0, 0.05) is 5.33 Å². The van der Waals surface area contributed by atoms with Crippen molar-refractivity contribution in [3.63, 3.8) is 0 Å². The van der Waals surface area contributed by atoms with Crippen LogP contribution in [0.1, 0.15) is 19.3 Å². The predicted octanol–water partition coefficient (Wildman–Crippen LogP) is 2.71. The zero-order valence-corrected chi connectivity index (χ0v) is 7.19. The highest BCUT2D eigenvalue weighted by Gasteiger charge is 1.85. The molecule has 0 aromatic rings. The van der Waals surface area contributed by atoms with E-state index in [1.807, 2.05) is 0 Å². The molecule has 0 aliphatic carbocycles. The highest BCUT2D eigenvalue weighted by atomic mass is 79.9. The second-order valence-electron chi connectivity index (χ2n) is 1.79. The number of unbranched alkanes of at least 4 members (excludes halogenated alkanes) is 2. The van der Waals surface area contributed by atoms with E-state index in [2.05, 4.69) is 22.5 Å². The molecule has 0 fully saturated rings. The summed E-state index contributed by atoms with van der Waals surface area (Å²) in [4.78, 5) is 0. The number of alkyl halides is 1. The van der Waals surface area contributed by atoms with Crippen LogP contribution in [0.15, 0.2) is 12.8 Å². The van der Waals surface area contributed by atoms with E-state index in [1.54, 1.807) is 0 Å². The SMILES string of the molecule is C=COCCCCCBr. The lowest BCUT2D eigenvalue weighted by Crippen LogP contribution is -1.86. The standard InChI is InChI=1S/C7H13BrO/c1-2-9-7-5-3-4-6-8/h2H,1,3-7H2. The van der Waals surface area contributed by atoms with Crippen molar-refractivity contribution >= 4 is 15.9 Å². The lowest BCUT2D eigenvalue weighted by molar-refractivity contribution is 0.243. The van der Waals surface area contributed by atoms with Gasteiger partial charge in [-0.15, -0.1) is 0 Å². The van der Waals surface area contributed by atoms with Gasteiger partial charge in [0.05, 0.1) is 12.9 Å². The van der Waals surface area contributed by atoms with Gasteiger partial charge >= 0.3 is 0 Å². The molecule has 54 valence electrons. The Labute approximate surface area is 65.2 Å². The second kappa shape index (κ2) is 8.02. The molecule has 0 atom stereocenters. The summed E-state index contributed by atoms with van der Waals surface area (Å²) < 4.78 is 4.93. The maximum absolute atomic E-state index is 4.93. The fraction of sp³-hybridized carbons (Fsp3) is 0.714. The molecule has 0 aromatic heterocycles. The minimum absolute atomic E-state index is 0.816. The van der Waals surface area contributed by atoms with E-state index in [0.29, 0.717) is 0 Å². The van der Waals surface area contributed by atoms with Crippen LogP contribution < -0.4 is 0 Å². The predicted molar refractivity (Wildman–Crippen MR) is 43.8 cm³/mol. The Balaban J connectivity index is 2.66. The number of rotatable bonds is 6. The van der Waals surface area contributed by atoms with Crippen molar-refractivity contribution in [1.82, 2.24) is 0 Å². The Morgan fingerprint density at radius 2 is 2.11 bits per heavy atom. The molecule has 0 aliphatic rings. The molecule has 0 rings (SSSR count). The molecule has 0 aliphatic heterocycles. The molecule has 0 bridgehead atoms. The summed E-state index contributed by atoms with van der Waals surface area (Å²) in [6.45, 7) is 4.26. The van der Waals surface area contributed by atoms with Crippen LogP contribution in [-0.2, 0) is 4.74 Å². The largest absolute Gasteiger partial charge is 0.502 e. The molecular weight excluding hydrogens is 180 g/mol. The Morgan fingerprint density at radius 1 is 1.33 bits per heavy atom. The molecule has 1 nitrogen and oxygen atoms in total. The highest BCUT2D eigenvalue weighted by Crippen LogP contribution is 1.98. The minimum Gasteiger partial charge on any atom is -0.502 e. The molecule has 0 radical (unpaired) electrons. The van der Waals surface area contributed by atoms with Gasteiger partial charge in [-0.2, -0.15) is 0 Å². The average molecular weight is 193 g/mol. The summed E-state index contributed by atoms with van der Waals surface area (Å²) in [5.41, 5.74) is 0. The van der Waals surface area contributed by atoms with E-state index in [1.165, 1.54) is 19.1 Å². The van der Waals surface area contributed by atoms with Crippen molar-refractivity contribution in [2.45, 2.75) is 19.3 Å². The van der Waals surface area contributed by atoms with Crippen molar-refractivity contribution < 1.29 is 4.74 Å². The van der Waals surface area contributed by atoms with Crippen LogP contribution in [0.5, 0.6) is 0 Å². The Bertz CT molecular complexity index is 63.9. The van der Waals surface area contributed by atoms with Crippen molar-refractivity contribution in [2.24, 2.45) is 0 Å². The molecule has 2 heteroatoms. The van der Waals surface area contributed by atoms with Gasteiger partial charge in [-0.1, -0.05) is 22.5 Å². The third-order valence-corrected chi connectivity index (χ3v) is 1.57. The number of hydrogen-bond acceptors (Lipinski definition) is 1. The van der Waals surface area contributed by atoms with Crippen molar-refractivity contribution in [3.05, 3.63) is 12.8 Å². The lowest BCUT2D eigenvalue weighted by Gasteiger charge is -1.97. The van der Waals surface area contributed by atoms with Gasteiger partial charge in [-0.3, -0.25) is 0 Å². The zero-order valence-electron chi connectivity index (χ0n) is 5.61. The van der Waals surface area contributed by atoms with Crippen molar-refractivity contribution in [2.75, 3.05) is 11.9 Å². The van der Waals surface area contributed by atoms with Gasteiger partial charge in [0.2, 0.25) is 0 Å². The molecule has 0 heterocycles. The minimum atomic E-state index is 0.816. The third kappa shape index (κ3) is 8.02. The smallest absolute Gasteiger partial charge is 0.0873 e. The van der Waals surface area contributed by atoms with Crippen LogP contribution in [0.2, 0.25) is 0 Å². The van der Waals surface area contributed by atoms with E-state index in [4.69, 9.17) is 4.74 Å². The summed E-state index contributed by atoms with van der Waals surface area (Å²) in [5.74, 6) is 0. The summed E-state index contributed by atoms with van der Waals surface area (Å²) >= 11 is 3.36. The Hall–Kier alpha value is 0.0200. The van der Waals surface area contributed by atoms with E-state index in [9.17, 15) is 0 Å². The Morgan fingerprint density at radius 3 is 2.67 bits per heavy atom. The monoisotopic (exact) mass is 192 g/mol. The van der Waals surface area contributed by atoms with Crippen molar-refractivity contribution in [3.8, 4) is 0 Å². The summed E-state index contributed by atoms with van der Waals surface area (Å²) in [6, 6.07) is 0. The van der Waals surface area contributed by atoms with E-state index in [0.717, 1.165) is 18.4 Å². The highest BCUT2D eigenvalue weighted by molar-refractivity contribution is 9.09. The quantitative estimate of drug-likeness (QED) is 0.358. The van der Waals surface area contributed by atoms with Crippen LogP contribution in [-0.4, -0.2) is 11.9 Å². The maximum atomic E-state index is 4.93.